The molecule has 0 aliphatic carbocycles. The minimum Gasteiger partial charge on any atom is -0.478 e. The Kier molecular flexibility index (Phi) is 4.35. The fraction of sp³-hybridized carbons (Fsp3) is 0.167. The molecule has 1 aliphatic rings. The van der Waals surface area contributed by atoms with E-state index in [4.69, 9.17) is 17.3 Å². The minimum absolute atomic E-state index is 0.0199. The van der Waals surface area contributed by atoms with Gasteiger partial charge in [-0.05, 0) is 18.2 Å². The van der Waals surface area contributed by atoms with Gasteiger partial charge in [0.2, 0.25) is 11.8 Å². The van der Waals surface area contributed by atoms with E-state index in [1.54, 1.807) is 6.07 Å². The molecule has 0 radical (unpaired) electrons. The predicted octanol–water partition coefficient (Wildman–Crippen LogP) is 1.23. The van der Waals surface area contributed by atoms with Crippen molar-refractivity contribution in [2.75, 3.05) is 5.32 Å². The predicted molar refractivity (Wildman–Crippen MR) is 78.8 cm³/mol. The molecule has 2 amide bonds. The first-order valence-corrected chi connectivity index (χ1v) is 6.89. The SMILES string of the molecule is O=C(C[C@@H]1SC(=S)NC1=O)Nc1cccc(C(=O)O)c1. The quantitative estimate of drug-likeness (QED) is 0.724. The number of carbonyl (C=O) groups excluding carboxylic acids is 2. The molecule has 0 unspecified atom stereocenters. The van der Waals surface area contributed by atoms with E-state index in [2.05, 4.69) is 10.6 Å². The first kappa shape index (κ1) is 14.5. The molecule has 8 heteroatoms. The summed E-state index contributed by atoms with van der Waals surface area (Å²) in [6.45, 7) is 0. The van der Waals surface area contributed by atoms with Crippen LogP contribution in [-0.4, -0.2) is 32.5 Å². The zero-order valence-electron chi connectivity index (χ0n) is 10.1. The summed E-state index contributed by atoms with van der Waals surface area (Å²) in [6, 6.07) is 5.89. The van der Waals surface area contributed by atoms with Gasteiger partial charge in [0.25, 0.3) is 0 Å². The van der Waals surface area contributed by atoms with Crippen LogP contribution in [0.15, 0.2) is 24.3 Å². The van der Waals surface area contributed by atoms with Crippen LogP contribution in [0.3, 0.4) is 0 Å². The van der Waals surface area contributed by atoms with Crippen LogP contribution in [0.25, 0.3) is 0 Å². The summed E-state index contributed by atoms with van der Waals surface area (Å²) in [7, 11) is 0. The van der Waals surface area contributed by atoms with Crippen LogP contribution in [0, 0.1) is 0 Å². The van der Waals surface area contributed by atoms with Gasteiger partial charge in [-0.25, -0.2) is 4.79 Å². The molecule has 0 aromatic heterocycles. The first-order valence-electron chi connectivity index (χ1n) is 5.60. The summed E-state index contributed by atoms with van der Waals surface area (Å²) in [5.74, 6) is -1.73. The maximum Gasteiger partial charge on any atom is 0.335 e. The van der Waals surface area contributed by atoms with Crippen molar-refractivity contribution in [2.45, 2.75) is 11.7 Å². The molecular formula is C12H10N2O4S2. The molecule has 1 heterocycles. The molecule has 20 heavy (non-hydrogen) atoms. The average molecular weight is 310 g/mol. The molecule has 1 aromatic rings. The molecular weight excluding hydrogens is 300 g/mol. The molecule has 0 spiro atoms. The maximum atomic E-state index is 11.8. The number of thiocarbonyl (C=S) groups is 1. The highest BCUT2D eigenvalue weighted by molar-refractivity contribution is 8.24. The Hall–Kier alpha value is -1.93. The van der Waals surface area contributed by atoms with E-state index >= 15 is 0 Å². The van der Waals surface area contributed by atoms with Gasteiger partial charge in [0, 0.05) is 12.1 Å². The molecule has 104 valence electrons. The monoisotopic (exact) mass is 310 g/mol. The number of carboxylic acids is 1. The highest BCUT2D eigenvalue weighted by Crippen LogP contribution is 2.22. The number of hydrogen-bond donors (Lipinski definition) is 3. The van der Waals surface area contributed by atoms with Crippen LogP contribution in [0.1, 0.15) is 16.8 Å². The molecule has 2 rings (SSSR count). The van der Waals surface area contributed by atoms with Gasteiger partial charge in [0.15, 0.2) is 0 Å². The van der Waals surface area contributed by atoms with E-state index in [1.165, 1.54) is 18.2 Å². The van der Waals surface area contributed by atoms with Gasteiger partial charge < -0.3 is 15.7 Å². The Balaban J connectivity index is 1.98. The Morgan fingerprint density at radius 1 is 1.45 bits per heavy atom. The van der Waals surface area contributed by atoms with Crippen molar-refractivity contribution in [2.24, 2.45) is 0 Å². The molecule has 6 nitrogen and oxygen atoms in total. The molecule has 0 saturated carbocycles. The molecule has 0 bridgehead atoms. The maximum absolute atomic E-state index is 11.8. The largest absolute Gasteiger partial charge is 0.478 e. The second-order valence-corrected chi connectivity index (χ2v) is 5.90. The Morgan fingerprint density at radius 2 is 2.20 bits per heavy atom. The smallest absolute Gasteiger partial charge is 0.335 e. The summed E-state index contributed by atoms with van der Waals surface area (Å²) in [6.07, 6.45) is -0.0199. The minimum atomic E-state index is -1.07. The van der Waals surface area contributed by atoms with E-state index in [1.807, 2.05) is 0 Å². The van der Waals surface area contributed by atoms with E-state index in [0.717, 1.165) is 11.8 Å². The third-order valence-corrected chi connectivity index (χ3v) is 3.90. The molecule has 1 atom stereocenters. The van der Waals surface area contributed by atoms with Gasteiger partial charge in [-0.2, -0.15) is 0 Å². The Bertz CT molecular complexity index is 603. The van der Waals surface area contributed by atoms with Crippen LogP contribution < -0.4 is 10.6 Å². The topological polar surface area (TPSA) is 95.5 Å². The average Bonchev–Trinajstić information content (AvgIpc) is 2.67. The molecule has 1 aromatic carbocycles. The van der Waals surface area contributed by atoms with Crippen molar-refractivity contribution in [1.82, 2.24) is 5.32 Å². The number of hydrogen-bond acceptors (Lipinski definition) is 5. The Morgan fingerprint density at radius 3 is 2.80 bits per heavy atom. The van der Waals surface area contributed by atoms with Gasteiger partial charge in [0.05, 0.1) is 10.8 Å². The molecule has 1 aliphatic heterocycles. The normalized spacial score (nSPS) is 17.7. The molecule has 1 fully saturated rings. The summed E-state index contributed by atoms with van der Waals surface area (Å²) in [4.78, 5) is 34.1. The van der Waals surface area contributed by atoms with Crippen LogP contribution in [-0.2, 0) is 9.59 Å². The standard InChI is InChI=1S/C12H10N2O4S2/c15-9(5-8-10(16)14-12(19)20-8)13-7-3-1-2-6(4-7)11(17)18/h1-4,8H,5H2,(H,13,15)(H,17,18)(H,14,16,19)/t8-/m0/s1. The fourth-order valence-electron chi connectivity index (χ4n) is 1.64. The van der Waals surface area contributed by atoms with Crippen molar-refractivity contribution in [3.05, 3.63) is 29.8 Å². The second kappa shape index (κ2) is 6.02. The number of nitrogens with one attached hydrogen (secondary N) is 2. The number of carboxylic acid groups (broad SMARTS) is 1. The lowest BCUT2D eigenvalue weighted by molar-refractivity contribution is -0.122. The Labute approximate surface area is 123 Å². The van der Waals surface area contributed by atoms with Gasteiger partial charge in [-0.15, -0.1) is 0 Å². The molecule has 3 N–H and O–H groups in total. The fourth-order valence-corrected chi connectivity index (χ4v) is 2.91. The zero-order valence-corrected chi connectivity index (χ0v) is 11.7. The second-order valence-electron chi connectivity index (χ2n) is 4.02. The lowest BCUT2D eigenvalue weighted by Gasteiger charge is -2.08. The van der Waals surface area contributed by atoms with Crippen molar-refractivity contribution in [3.8, 4) is 0 Å². The zero-order chi connectivity index (χ0) is 14.7. The van der Waals surface area contributed by atoms with Crippen LogP contribution in [0.4, 0.5) is 5.69 Å². The van der Waals surface area contributed by atoms with Crippen LogP contribution in [0.2, 0.25) is 0 Å². The van der Waals surface area contributed by atoms with E-state index in [-0.39, 0.29) is 23.8 Å². The van der Waals surface area contributed by atoms with Crippen LogP contribution in [0.5, 0.6) is 0 Å². The third-order valence-electron chi connectivity index (χ3n) is 2.53. The number of amides is 2. The molecule has 1 saturated heterocycles. The van der Waals surface area contributed by atoms with E-state index < -0.39 is 11.2 Å². The van der Waals surface area contributed by atoms with Crippen LogP contribution >= 0.6 is 24.0 Å². The summed E-state index contributed by atoms with van der Waals surface area (Å²) >= 11 is 5.97. The van der Waals surface area contributed by atoms with Crippen molar-refractivity contribution in [1.29, 1.82) is 0 Å². The highest BCUT2D eigenvalue weighted by Gasteiger charge is 2.30. The number of anilines is 1. The van der Waals surface area contributed by atoms with Crippen molar-refractivity contribution < 1.29 is 19.5 Å². The third kappa shape index (κ3) is 3.55. The number of aromatic carboxylic acids is 1. The van der Waals surface area contributed by atoms with E-state index in [0.29, 0.717) is 10.0 Å². The van der Waals surface area contributed by atoms with Gasteiger partial charge in [-0.1, -0.05) is 30.0 Å². The summed E-state index contributed by atoms with van der Waals surface area (Å²) in [5, 5.41) is 13.3. The van der Waals surface area contributed by atoms with Gasteiger partial charge >= 0.3 is 5.97 Å². The lowest BCUT2D eigenvalue weighted by atomic mass is 10.2. The van der Waals surface area contributed by atoms with Gasteiger partial charge in [-0.3, -0.25) is 9.59 Å². The summed E-state index contributed by atoms with van der Waals surface area (Å²) < 4.78 is 0.362. The summed E-state index contributed by atoms with van der Waals surface area (Å²) in [5.41, 5.74) is 0.456. The van der Waals surface area contributed by atoms with Crippen molar-refractivity contribution >= 4 is 51.8 Å². The highest BCUT2D eigenvalue weighted by atomic mass is 32.2. The van der Waals surface area contributed by atoms with Crippen molar-refractivity contribution in [3.63, 3.8) is 0 Å². The number of benzene rings is 1. The number of rotatable bonds is 4. The van der Waals surface area contributed by atoms with Gasteiger partial charge in [0.1, 0.15) is 4.32 Å². The first-order chi connectivity index (χ1) is 9.45. The number of carbonyl (C=O) groups is 3. The number of thioether (sulfide) groups is 1. The van der Waals surface area contributed by atoms with E-state index in [9.17, 15) is 14.4 Å². The lowest BCUT2D eigenvalue weighted by Crippen LogP contribution is -2.27.